The number of morpholine rings is 1. The van der Waals surface area contributed by atoms with Crippen LogP contribution in [0.2, 0.25) is 0 Å². The van der Waals surface area contributed by atoms with Crippen LogP contribution < -0.4 is 0 Å². The van der Waals surface area contributed by atoms with Gasteiger partial charge in [-0.3, -0.25) is 4.90 Å². The van der Waals surface area contributed by atoms with Gasteiger partial charge in [-0.1, -0.05) is 43.5 Å². The molecule has 1 aliphatic carbocycles. The van der Waals surface area contributed by atoms with Crippen molar-refractivity contribution >= 4 is 0 Å². The number of aliphatic hydroxyl groups is 1. The number of hydrogen-bond donors (Lipinski definition) is 1. The molecule has 22 heavy (non-hydrogen) atoms. The highest BCUT2D eigenvalue weighted by Gasteiger charge is 2.39. The zero-order chi connectivity index (χ0) is 15.4. The fraction of sp³-hybridized carbons (Fsp3) is 0.684. The molecule has 1 aliphatic heterocycles. The van der Waals surface area contributed by atoms with Crippen molar-refractivity contribution in [2.45, 2.75) is 57.1 Å². The summed E-state index contributed by atoms with van der Waals surface area (Å²) in [6.45, 7) is 4.86. The van der Waals surface area contributed by atoms with Crippen molar-refractivity contribution in [3.8, 4) is 0 Å². The first-order valence-corrected chi connectivity index (χ1v) is 8.76. The minimum atomic E-state index is -0.429. The van der Waals surface area contributed by atoms with Crippen LogP contribution in [-0.4, -0.2) is 48.0 Å². The highest BCUT2D eigenvalue weighted by atomic mass is 16.5. The second kappa shape index (κ2) is 7.12. The van der Waals surface area contributed by atoms with Crippen LogP contribution in [0.25, 0.3) is 0 Å². The summed E-state index contributed by atoms with van der Waals surface area (Å²) in [4.78, 5) is 2.58. The van der Waals surface area contributed by atoms with E-state index < -0.39 is 5.60 Å². The van der Waals surface area contributed by atoms with Gasteiger partial charge in [-0.15, -0.1) is 0 Å². The molecule has 0 spiro atoms. The van der Waals surface area contributed by atoms with Crippen molar-refractivity contribution in [1.29, 1.82) is 0 Å². The van der Waals surface area contributed by atoms with Gasteiger partial charge in [-0.05, 0) is 30.9 Å². The molecular formula is C19H29NO2. The Bertz CT molecular complexity index is 484. The van der Waals surface area contributed by atoms with Crippen LogP contribution in [0.3, 0.4) is 0 Å². The highest BCUT2D eigenvalue weighted by molar-refractivity contribution is 5.27. The monoisotopic (exact) mass is 303 g/mol. The predicted molar refractivity (Wildman–Crippen MR) is 89.1 cm³/mol. The third kappa shape index (κ3) is 3.53. The molecule has 2 fully saturated rings. The summed E-state index contributed by atoms with van der Waals surface area (Å²) in [6, 6.07) is 9.15. The summed E-state index contributed by atoms with van der Waals surface area (Å²) in [7, 11) is 0. The molecule has 0 aromatic heterocycles. The maximum atomic E-state index is 10.1. The first-order chi connectivity index (χ1) is 10.7. The molecule has 1 atom stereocenters. The van der Waals surface area contributed by atoms with Crippen molar-refractivity contribution < 1.29 is 9.84 Å². The van der Waals surface area contributed by atoms with Crippen LogP contribution in [0.1, 0.15) is 43.2 Å². The van der Waals surface area contributed by atoms with Gasteiger partial charge in [0.25, 0.3) is 0 Å². The Morgan fingerprint density at radius 3 is 2.73 bits per heavy atom. The van der Waals surface area contributed by atoms with Gasteiger partial charge in [-0.25, -0.2) is 0 Å². The molecule has 1 N–H and O–H groups in total. The number of benzene rings is 1. The lowest BCUT2D eigenvalue weighted by atomic mass is 9.88. The first-order valence-electron chi connectivity index (χ1n) is 8.76. The molecule has 1 aromatic rings. The molecule has 1 heterocycles. The van der Waals surface area contributed by atoms with E-state index in [2.05, 4.69) is 36.1 Å². The molecule has 3 rings (SSSR count). The lowest BCUT2D eigenvalue weighted by molar-refractivity contribution is -0.142. The minimum Gasteiger partial charge on any atom is -0.393 e. The molecule has 0 radical (unpaired) electrons. The number of aryl methyl sites for hydroxylation is 1. The van der Waals surface area contributed by atoms with E-state index in [1.54, 1.807) is 0 Å². The van der Waals surface area contributed by atoms with Crippen LogP contribution in [0.4, 0.5) is 0 Å². The molecule has 1 aromatic carbocycles. The summed E-state index contributed by atoms with van der Waals surface area (Å²) in [5.41, 5.74) is 2.15. The second-order valence-electron chi connectivity index (χ2n) is 7.06. The Morgan fingerprint density at radius 1 is 1.23 bits per heavy atom. The fourth-order valence-corrected chi connectivity index (χ4v) is 4.05. The van der Waals surface area contributed by atoms with Crippen LogP contribution in [-0.2, 0) is 11.2 Å². The van der Waals surface area contributed by atoms with E-state index in [1.807, 2.05) is 0 Å². The Morgan fingerprint density at radius 2 is 2.00 bits per heavy atom. The molecule has 1 unspecified atom stereocenters. The van der Waals surface area contributed by atoms with Crippen molar-refractivity contribution in [2.24, 2.45) is 0 Å². The van der Waals surface area contributed by atoms with Gasteiger partial charge < -0.3 is 9.84 Å². The molecule has 2 aliphatic rings. The lowest BCUT2D eigenvalue weighted by Gasteiger charge is -2.46. The van der Waals surface area contributed by atoms with Crippen LogP contribution >= 0.6 is 0 Å². The zero-order valence-electron chi connectivity index (χ0n) is 13.8. The van der Waals surface area contributed by atoms with Crippen LogP contribution in [0.15, 0.2) is 24.3 Å². The summed E-state index contributed by atoms with van der Waals surface area (Å²) in [6.07, 6.45) is 7.52. The van der Waals surface area contributed by atoms with Gasteiger partial charge >= 0.3 is 0 Å². The third-order valence-electron chi connectivity index (χ3n) is 5.43. The molecule has 3 nitrogen and oxygen atoms in total. The van der Waals surface area contributed by atoms with Gasteiger partial charge in [0.15, 0.2) is 0 Å². The SMILES string of the molecule is Cc1ccccc1CC1(CO)CN(C2CCCCC2)CCO1. The fourth-order valence-electron chi connectivity index (χ4n) is 4.05. The van der Waals surface area contributed by atoms with E-state index in [-0.39, 0.29) is 6.61 Å². The molecule has 0 bridgehead atoms. The largest absolute Gasteiger partial charge is 0.393 e. The van der Waals surface area contributed by atoms with E-state index in [9.17, 15) is 5.11 Å². The molecule has 0 amide bonds. The molecule has 3 heteroatoms. The number of rotatable bonds is 4. The smallest absolute Gasteiger partial charge is 0.108 e. The normalized spacial score (nSPS) is 27.9. The number of ether oxygens (including phenoxy) is 1. The van der Waals surface area contributed by atoms with Crippen LogP contribution in [0, 0.1) is 6.92 Å². The molecular weight excluding hydrogens is 274 g/mol. The summed E-state index contributed by atoms with van der Waals surface area (Å²) in [5.74, 6) is 0. The Hall–Kier alpha value is -0.900. The topological polar surface area (TPSA) is 32.7 Å². The minimum absolute atomic E-state index is 0.102. The number of hydrogen-bond acceptors (Lipinski definition) is 3. The summed E-state index contributed by atoms with van der Waals surface area (Å²) < 4.78 is 6.10. The van der Waals surface area contributed by atoms with E-state index in [0.29, 0.717) is 6.04 Å². The zero-order valence-corrected chi connectivity index (χ0v) is 13.8. The van der Waals surface area contributed by atoms with Crippen LogP contribution in [0.5, 0.6) is 0 Å². The predicted octanol–water partition coefficient (Wildman–Crippen LogP) is 2.93. The van der Waals surface area contributed by atoms with Gasteiger partial charge in [0.05, 0.1) is 13.2 Å². The van der Waals surface area contributed by atoms with E-state index in [4.69, 9.17) is 4.74 Å². The van der Waals surface area contributed by atoms with Crippen molar-refractivity contribution in [3.05, 3.63) is 35.4 Å². The summed E-state index contributed by atoms with van der Waals surface area (Å²) >= 11 is 0. The number of nitrogens with zero attached hydrogens (tertiary/aromatic N) is 1. The maximum absolute atomic E-state index is 10.1. The lowest BCUT2D eigenvalue weighted by Crippen LogP contribution is -2.58. The quantitative estimate of drug-likeness (QED) is 0.928. The van der Waals surface area contributed by atoms with Gasteiger partial charge in [0.2, 0.25) is 0 Å². The Labute approximate surface area is 134 Å². The molecule has 1 saturated heterocycles. The van der Waals surface area contributed by atoms with Gasteiger partial charge in [0.1, 0.15) is 5.60 Å². The molecule has 1 saturated carbocycles. The average molecular weight is 303 g/mol. The van der Waals surface area contributed by atoms with Gasteiger partial charge in [-0.2, -0.15) is 0 Å². The van der Waals surface area contributed by atoms with Gasteiger partial charge in [0, 0.05) is 25.6 Å². The van der Waals surface area contributed by atoms with Crippen molar-refractivity contribution in [3.63, 3.8) is 0 Å². The highest BCUT2D eigenvalue weighted by Crippen LogP contribution is 2.29. The summed E-state index contributed by atoms with van der Waals surface area (Å²) in [5, 5.41) is 10.1. The van der Waals surface area contributed by atoms with E-state index in [1.165, 1.54) is 43.2 Å². The maximum Gasteiger partial charge on any atom is 0.108 e. The molecule has 122 valence electrons. The first kappa shape index (κ1) is 16.0. The standard InChI is InChI=1S/C19H29NO2/c1-16-7-5-6-8-17(16)13-19(15-21)14-20(11-12-22-19)18-9-3-2-4-10-18/h5-8,18,21H,2-4,9-15H2,1H3. The second-order valence-corrected chi connectivity index (χ2v) is 7.06. The average Bonchev–Trinajstić information content (AvgIpc) is 2.58. The Balaban J connectivity index is 1.72. The van der Waals surface area contributed by atoms with Crippen molar-refractivity contribution in [2.75, 3.05) is 26.3 Å². The Kier molecular flexibility index (Phi) is 5.17. The van der Waals surface area contributed by atoms with E-state index >= 15 is 0 Å². The van der Waals surface area contributed by atoms with Crippen molar-refractivity contribution in [1.82, 2.24) is 4.90 Å². The van der Waals surface area contributed by atoms with E-state index in [0.717, 1.165) is 26.1 Å². The number of aliphatic hydroxyl groups excluding tert-OH is 1. The third-order valence-corrected chi connectivity index (χ3v) is 5.43.